The lowest BCUT2D eigenvalue weighted by atomic mass is 10.1. The third kappa shape index (κ3) is 3.27. The van der Waals surface area contributed by atoms with Gasteiger partial charge >= 0.3 is 6.03 Å². The molecular formula is C12H16N4O3S. The van der Waals surface area contributed by atoms with Crippen molar-refractivity contribution in [1.29, 1.82) is 0 Å². The van der Waals surface area contributed by atoms with E-state index in [9.17, 15) is 4.79 Å². The Hall–Kier alpha value is -2.09. The Morgan fingerprint density at radius 3 is 3.00 bits per heavy atom. The third-order valence-corrected chi connectivity index (χ3v) is 3.59. The molecule has 20 heavy (non-hydrogen) atoms. The highest BCUT2D eigenvalue weighted by molar-refractivity contribution is 7.17. The molecule has 0 fully saturated rings. The summed E-state index contributed by atoms with van der Waals surface area (Å²) < 4.78 is 10.2. The van der Waals surface area contributed by atoms with Crippen molar-refractivity contribution in [3.63, 3.8) is 0 Å². The summed E-state index contributed by atoms with van der Waals surface area (Å²) in [5, 5.41) is 10.4. The van der Waals surface area contributed by atoms with Crippen molar-refractivity contribution in [2.75, 3.05) is 12.4 Å². The second-order valence-electron chi connectivity index (χ2n) is 4.02. The van der Waals surface area contributed by atoms with Crippen LogP contribution in [0.4, 0.5) is 9.93 Å². The number of rotatable bonds is 5. The lowest BCUT2D eigenvalue weighted by Crippen LogP contribution is -2.28. The number of amides is 2. The molecule has 0 radical (unpaired) electrons. The molecule has 0 aliphatic heterocycles. The van der Waals surface area contributed by atoms with E-state index in [4.69, 9.17) is 9.26 Å². The van der Waals surface area contributed by atoms with Crippen molar-refractivity contribution in [3.8, 4) is 5.06 Å². The van der Waals surface area contributed by atoms with Gasteiger partial charge in [-0.25, -0.2) is 9.78 Å². The lowest BCUT2D eigenvalue weighted by Gasteiger charge is -2.05. The van der Waals surface area contributed by atoms with Gasteiger partial charge in [-0.05, 0) is 6.92 Å². The minimum Gasteiger partial charge on any atom is -0.486 e. The quantitative estimate of drug-likeness (QED) is 0.884. The maximum atomic E-state index is 11.8. The molecule has 2 rings (SSSR count). The Kier molecular flexibility index (Phi) is 4.57. The summed E-state index contributed by atoms with van der Waals surface area (Å²) in [4.78, 5) is 15.8. The minimum absolute atomic E-state index is 0.329. The van der Waals surface area contributed by atoms with E-state index < -0.39 is 0 Å². The molecule has 0 aliphatic carbocycles. The number of ether oxygens (including phenoxy) is 1. The number of urea groups is 1. The van der Waals surface area contributed by atoms with Gasteiger partial charge in [-0.2, -0.15) is 0 Å². The van der Waals surface area contributed by atoms with E-state index >= 15 is 0 Å². The fourth-order valence-electron chi connectivity index (χ4n) is 1.66. The molecule has 0 saturated heterocycles. The van der Waals surface area contributed by atoms with Gasteiger partial charge in [0.1, 0.15) is 5.76 Å². The van der Waals surface area contributed by atoms with Crippen molar-refractivity contribution in [1.82, 2.24) is 15.5 Å². The van der Waals surface area contributed by atoms with Gasteiger partial charge in [-0.3, -0.25) is 5.32 Å². The zero-order chi connectivity index (χ0) is 14.5. The van der Waals surface area contributed by atoms with Gasteiger partial charge in [0, 0.05) is 18.5 Å². The number of thiazole rings is 1. The molecule has 108 valence electrons. The van der Waals surface area contributed by atoms with Gasteiger partial charge in [0.05, 0.1) is 19.0 Å². The fraction of sp³-hybridized carbons (Fsp3) is 0.417. The number of nitrogens with one attached hydrogen (secondary N) is 2. The van der Waals surface area contributed by atoms with Crippen LogP contribution in [0.5, 0.6) is 5.06 Å². The van der Waals surface area contributed by atoms with E-state index in [1.165, 1.54) is 11.3 Å². The summed E-state index contributed by atoms with van der Waals surface area (Å²) in [6.07, 6.45) is 2.29. The van der Waals surface area contributed by atoms with Crippen molar-refractivity contribution in [2.24, 2.45) is 0 Å². The molecule has 2 N–H and O–H groups in total. The summed E-state index contributed by atoms with van der Waals surface area (Å²) in [6, 6.07) is -0.329. The first kappa shape index (κ1) is 14.3. The molecule has 0 saturated carbocycles. The maximum Gasteiger partial charge on any atom is 0.321 e. The molecular weight excluding hydrogens is 280 g/mol. The van der Waals surface area contributed by atoms with Crippen LogP contribution in [-0.2, 0) is 13.0 Å². The molecule has 0 spiro atoms. The first-order valence-corrected chi connectivity index (χ1v) is 6.94. The molecule has 8 heteroatoms. The molecule has 2 heterocycles. The molecule has 2 amide bonds. The van der Waals surface area contributed by atoms with Crippen LogP contribution in [0.15, 0.2) is 10.7 Å². The van der Waals surface area contributed by atoms with Gasteiger partial charge in [-0.1, -0.05) is 23.4 Å². The number of aromatic nitrogens is 2. The Balaban J connectivity index is 1.90. The molecule has 0 bridgehead atoms. The van der Waals surface area contributed by atoms with Crippen LogP contribution < -0.4 is 15.4 Å². The number of hydrogen-bond acceptors (Lipinski definition) is 6. The third-order valence-electron chi connectivity index (χ3n) is 2.72. The zero-order valence-corrected chi connectivity index (χ0v) is 12.3. The Bertz CT molecular complexity index is 593. The van der Waals surface area contributed by atoms with Crippen LogP contribution in [0.2, 0.25) is 0 Å². The highest BCUT2D eigenvalue weighted by Gasteiger charge is 2.13. The number of carbonyl (C=O) groups is 1. The molecule has 0 aromatic carbocycles. The van der Waals surface area contributed by atoms with Gasteiger partial charge in [0.15, 0.2) is 10.2 Å². The second-order valence-corrected chi connectivity index (χ2v) is 5.01. The predicted molar refractivity (Wildman–Crippen MR) is 75.1 cm³/mol. The van der Waals surface area contributed by atoms with Crippen LogP contribution >= 0.6 is 11.3 Å². The van der Waals surface area contributed by atoms with Gasteiger partial charge < -0.3 is 14.6 Å². The molecule has 0 aliphatic rings. The first-order chi connectivity index (χ1) is 9.63. The highest BCUT2D eigenvalue weighted by atomic mass is 32.1. The van der Waals surface area contributed by atoms with E-state index in [1.807, 2.05) is 13.8 Å². The topological polar surface area (TPSA) is 89.3 Å². The van der Waals surface area contributed by atoms with Crippen LogP contribution in [-0.4, -0.2) is 23.3 Å². The zero-order valence-electron chi connectivity index (χ0n) is 11.5. The van der Waals surface area contributed by atoms with Crippen LogP contribution in [0, 0.1) is 6.92 Å². The first-order valence-electron chi connectivity index (χ1n) is 6.12. The number of methoxy groups -OCH3 is 1. The predicted octanol–water partition coefficient (Wildman–Crippen LogP) is 2.33. The molecule has 2 aromatic rings. The smallest absolute Gasteiger partial charge is 0.321 e. The van der Waals surface area contributed by atoms with Crippen LogP contribution in [0.3, 0.4) is 0 Å². The van der Waals surface area contributed by atoms with Crippen molar-refractivity contribution in [2.45, 2.75) is 26.8 Å². The van der Waals surface area contributed by atoms with Crippen molar-refractivity contribution >= 4 is 22.5 Å². The standard InChI is InChI=1S/C12H16N4O3S/c1-4-9-8(7(2)16-19-9)5-13-11(17)15-12-14-6-10(18-3)20-12/h6H,4-5H2,1-3H3,(H2,13,14,15,17). The van der Waals surface area contributed by atoms with E-state index in [2.05, 4.69) is 20.8 Å². The SMILES string of the molecule is CCc1onc(C)c1CNC(=O)Nc1ncc(OC)s1. The maximum absolute atomic E-state index is 11.8. The average molecular weight is 296 g/mol. The monoisotopic (exact) mass is 296 g/mol. The van der Waals surface area contributed by atoms with E-state index in [0.29, 0.717) is 16.7 Å². The fourth-order valence-corrected chi connectivity index (χ4v) is 2.29. The number of aryl methyl sites for hydroxylation is 2. The van der Waals surface area contributed by atoms with Crippen molar-refractivity contribution in [3.05, 3.63) is 23.2 Å². The van der Waals surface area contributed by atoms with E-state index in [1.54, 1.807) is 13.3 Å². The molecule has 2 aromatic heterocycles. The number of carbonyl (C=O) groups excluding carboxylic acids is 1. The molecule has 7 nitrogen and oxygen atoms in total. The highest BCUT2D eigenvalue weighted by Crippen LogP contribution is 2.24. The lowest BCUT2D eigenvalue weighted by molar-refractivity contribution is 0.251. The summed E-state index contributed by atoms with van der Waals surface area (Å²) in [7, 11) is 1.55. The largest absolute Gasteiger partial charge is 0.486 e. The van der Waals surface area contributed by atoms with Crippen LogP contribution in [0.1, 0.15) is 23.9 Å². The van der Waals surface area contributed by atoms with E-state index in [-0.39, 0.29) is 6.03 Å². The minimum atomic E-state index is -0.329. The summed E-state index contributed by atoms with van der Waals surface area (Å²) in [5.74, 6) is 0.790. The van der Waals surface area contributed by atoms with Gasteiger partial charge in [0.25, 0.3) is 0 Å². The summed E-state index contributed by atoms with van der Waals surface area (Å²) in [5.41, 5.74) is 1.71. The summed E-state index contributed by atoms with van der Waals surface area (Å²) in [6.45, 7) is 4.20. The van der Waals surface area contributed by atoms with Crippen LogP contribution in [0.25, 0.3) is 0 Å². The molecule has 0 atom stereocenters. The Morgan fingerprint density at radius 2 is 2.35 bits per heavy atom. The van der Waals surface area contributed by atoms with Gasteiger partial charge in [0.2, 0.25) is 0 Å². The second kappa shape index (κ2) is 6.38. The normalized spacial score (nSPS) is 10.3. The number of hydrogen-bond donors (Lipinski definition) is 2. The Morgan fingerprint density at radius 1 is 1.55 bits per heavy atom. The summed E-state index contributed by atoms with van der Waals surface area (Å²) >= 11 is 1.26. The number of nitrogens with zero attached hydrogens (tertiary/aromatic N) is 2. The van der Waals surface area contributed by atoms with Gasteiger partial charge in [-0.15, -0.1) is 0 Å². The van der Waals surface area contributed by atoms with E-state index in [0.717, 1.165) is 23.4 Å². The molecule has 0 unspecified atom stereocenters. The average Bonchev–Trinajstić information content (AvgIpc) is 3.03. The number of anilines is 1. The Labute approximate surface area is 120 Å². The van der Waals surface area contributed by atoms with Crippen molar-refractivity contribution < 1.29 is 14.1 Å².